The summed E-state index contributed by atoms with van der Waals surface area (Å²) in [4.78, 5) is 11.2. The van der Waals surface area contributed by atoms with E-state index < -0.39 is 0 Å². The van der Waals surface area contributed by atoms with E-state index in [1.54, 1.807) is 0 Å². The zero-order valence-corrected chi connectivity index (χ0v) is 20.7. The number of furan rings is 2. The molecular weight excluding hydrogens is 548 g/mol. The van der Waals surface area contributed by atoms with Gasteiger partial charge in [0, 0.05) is 37.4 Å². The van der Waals surface area contributed by atoms with Crippen LogP contribution in [0.1, 0.15) is 6.92 Å². The molecule has 3 N–H and O–H groups in total. The van der Waals surface area contributed by atoms with Gasteiger partial charge in [0.15, 0.2) is 11.2 Å². The highest BCUT2D eigenvalue weighted by atomic mass is 79.9. The molecule has 33 heavy (non-hydrogen) atoms. The minimum absolute atomic E-state index is 0.112. The predicted octanol–water partition coefficient (Wildman–Crippen LogP) is 8.24. The summed E-state index contributed by atoms with van der Waals surface area (Å²) in [5, 5.41) is 6.94. The molecule has 2 aromatic heterocycles. The molecule has 0 saturated heterocycles. The lowest BCUT2D eigenvalue weighted by Crippen LogP contribution is -2.05. The van der Waals surface area contributed by atoms with Gasteiger partial charge < -0.3 is 19.9 Å². The Morgan fingerprint density at radius 2 is 1.27 bits per heavy atom. The largest absolute Gasteiger partial charge is 0.454 e. The third-order valence-electron chi connectivity index (χ3n) is 5.29. The van der Waals surface area contributed by atoms with Crippen LogP contribution in [0.5, 0.6) is 0 Å². The number of anilines is 2. The van der Waals surface area contributed by atoms with Crippen LogP contribution in [-0.2, 0) is 4.79 Å². The topological polar surface area (TPSA) is 81.4 Å². The van der Waals surface area contributed by atoms with E-state index in [1.165, 1.54) is 6.92 Å². The van der Waals surface area contributed by atoms with Gasteiger partial charge in [0.05, 0.1) is 11.4 Å². The molecule has 7 heteroatoms. The molecule has 5 nitrogen and oxygen atoms in total. The summed E-state index contributed by atoms with van der Waals surface area (Å²) >= 11 is 7.04. The van der Waals surface area contributed by atoms with Crippen molar-refractivity contribution in [3.63, 3.8) is 0 Å². The highest BCUT2D eigenvalue weighted by Gasteiger charge is 2.14. The first-order valence-corrected chi connectivity index (χ1v) is 11.7. The quantitative estimate of drug-likeness (QED) is 0.197. The highest BCUT2D eigenvalue weighted by Crippen LogP contribution is 2.38. The lowest BCUT2D eigenvalue weighted by atomic mass is 10.1. The van der Waals surface area contributed by atoms with Crippen molar-refractivity contribution < 1.29 is 13.6 Å². The van der Waals surface area contributed by atoms with Gasteiger partial charge >= 0.3 is 0 Å². The van der Waals surface area contributed by atoms with Crippen LogP contribution in [0.4, 0.5) is 11.4 Å². The molecule has 4 aromatic carbocycles. The first-order chi connectivity index (χ1) is 15.9. The van der Waals surface area contributed by atoms with Gasteiger partial charge in [-0.05, 0) is 36.4 Å². The lowest BCUT2D eigenvalue weighted by molar-refractivity contribution is -0.114. The monoisotopic (exact) mass is 564 g/mol. The average Bonchev–Trinajstić information content (AvgIpc) is 3.39. The number of rotatable bonds is 1. The van der Waals surface area contributed by atoms with Crippen LogP contribution in [0, 0.1) is 0 Å². The van der Waals surface area contributed by atoms with E-state index in [2.05, 4.69) is 37.2 Å². The third kappa shape index (κ3) is 3.87. The molecule has 1 amide bonds. The number of para-hydroxylation sites is 2. The number of hydrogen-bond acceptors (Lipinski definition) is 4. The van der Waals surface area contributed by atoms with E-state index in [4.69, 9.17) is 14.6 Å². The van der Waals surface area contributed by atoms with Crippen LogP contribution in [-0.4, -0.2) is 5.91 Å². The van der Waals surface area contributed by atoms with E-state index in [0.717, 1.165) is 47.2 Å². The molecule has 0 fully saturated rings. The van der Waals surface area contributed by atoms with Crippen molar-refractivity contribution in [1.29, 1.82) is 0 Å². The summed E-state index contributed by atoms with van der Waals surface area (Å²) < 4.78 is 13.5. The fraction of sp³-hybridized carbons (Fsp3) is 0.0385. The van der Waals surface area contributed by atoms with E-state index in [0.29, 0.717) is 17.0 Å². The summed E-state index contributed by atoms with van der Waals surface area (Å²) in [6, 6.07) is 23.3. The molecule has 0 aliphatic rings. The van der Waals surface area contributed by atoms with E-state index in [1.807, 2.05) is 72.8 Å². The Balaban J connectivity index is 0.000000140. The van der Waals surface area contributed by atoms with Crippen molar-refractivity contribution in [2.75, 3.05) is 11.1 Å². The Hall–Kier alpha value is -3.29. The molecule has 0 saturated carbocycles. The fourth-order valence-corrected chi connectivity index (χ4v) is 4.94. The molecule has 0 aliphatic carbocycles. The maximum atomic E-state index is 11.2. The summed E-state index contributed by atoms with van der Waals surface area (Å²) in [6.07, 6.45) is 0. The SMILES string of the molecule is CC(=O)Nc1ccc(Br)c2c1oc1ccccc12.Nc1ccc(Br)c2c1oc1ccccc12. The standard InChI is InChI=1S/C14H10BrNO2.C12H8BrNO/c1-8(17)16-11-7-6-10(15)13-9-4-2-3-5-12(9)18-14(11)13;13-8-5-6-9(14)12-11(8)7-3-1-2-4-10(7)15-12/h2-7H,1H3,(H,16,17);1-6H,14H2. The van der Waals surface area contributed by atoms with Crippen LogP contribution in [0.15, 0.2) is 90.6 Å². The molecule has 164 valence electrons. The van der Waals surface area contributed by atoms with Gasteiger partial charge in [-0.3, -0.25) is 4.79 Å². The van der Waals surface area contributed by atoms with Crippen molar-refractivity contribution in [3.8, 4) is 0 Å². The number of nitrogens with two attached hydrogens (primary N) is 1. The second-order valence-electron chi connectivity index (χ2n) is 7.52. The van der Waals surface area contributed by atoms with Crippen molar-refractivity contribution in [2.24, 2.45) is 0 Å². The Bertz CT molecular complexity index is 1670. The van der Waals surface area contributed by atoms with Gasteiger partial charge in [-0.2, -0.15) is 0 Å². The number of hydrogen-bond donors (Lipinski definition) is 2. The van der Waals surface area contributed by atoms with Crippen LogP contribution in [0.25, 0.3) is 43.9 Å². The Kier molecular flexibility index (Phi) is 5.60. The summed E-state index contributed by atoms with van der Waals surface area (Å²) in [7, 11) is 0. The minimum Gasteiger partial charge on any atom is -0.454 e. The first-order valence-electron chi connectivity index (χ1n) is 10.2. The van der Waals surface area contributed by atoms with Crippen molar-refractivity contribution in [2.45, 2.75) is 6.92 Å². The third-order valence-corrected chi connectivity index (χ3v) is 6.61. The second-order valence-corrected chi connectivity index (χ2v) is 9.23. The zero-order chi connectivity index (χ0) is 23.1. The van der Waals surface area contributed by atoms with E-state index in [-0.39, 0.29) is 5.91 Å². The molecule has 2 heterocycles. The predicted molar refractivity (Wildman–Crippen MR) is 142 cm³/mol. The molecule has 6 aromatic rings. The molecule has 0 bridgehead atoms. The van der Waals surface area contributed by atoms with Gasteiger partial charge in [0.2, 0.25) is 5.91 Å². The van der Waals surface area contributed by atoms with Crippen molar-refractivity contribution in [1.82, 2.24) is 0 Å². The normalized spacial score (nSPS) is 11.1. The van der Waals surface area contributed by atoms with E-state index in [9.17, 15) is 4.79 Å². The van der Waals surface area contributed by atoms with E-state index >= 15 is 0 Å². The number of amides is 1. The highest BCUT2D eigenvalue weighted by molar-refractivity contribution is 9.11. The molecule has 0 radical (unpaired) electrons. The Labute approximate surface area is 205 Å². The maximum Gasteiger partial charge on any atom is 0.221 e. The van der Waals surface area contributed by atoms with Crippen molar-refractivity contribution >= 4 is 93.0 Å². The minimum atomic E-state index is -0.112. The summed E-state index contributed by atoms with van der Waals surface area (Å²) in [5.74, 6) is -0.112. The average molecular weight is 566 g/mol. The zero-order valence-electron chi connectivity index (χ0n) is 17.5. The number of carbonyl (C=O) groups excluding carboxylic acids is 1. The molecule has 0 atom stereocenters. The van der Waals surface area contributed by atoms with Crippen LogP contribution in [0.2, 0.25) is 0 Å². The second kappa shape index (κ2) is 8.57. The van der Waals surface area contributed by atoms with Gasteiger partial charge in [-0.25, -0.2) is 0 Å². The van der Waals surface area contributed by atoms with Crippen LogP contribution >= 0.6 is 31.9 Å². The number of halogens is 2. The van der Waals surface area contributed by atoms with Gasteiger partial charge in [0.25, 0.3) is 0 Å². The fourth-order valence-electron chi connectivity index (χ4n) is 3.88. The molecule has 6 rings (SSSR count). The smallest absolute Gasteiger partial charge is 0.221 e. The van der Waals surface area contributed by atoms with Crippen molar-refractivity contribution in [3.05, 3.63) is 81.7 Å². The number of carbonyl (C=O) groups is 1. The first kappa shape index (κ1) is 21.6. The maximum absolute atomic E-state index is 11.2. The van der Waals surface area contributed by atoms with Crippen LogP contribution in [0.3, 0.4) is 0 Å². The number of fused-ring (bicyclic) bond motifs is 6. The molecule has 0 spiro atoms. The van der Waals surface area contributed by atoms with Gasteiger partial charge in [0.1, 0.15) is 11.2 Å². The number of nitrogens with one attached hydrogen (secondary N) is 1. The molecule has 0 unspecified atom stereocenters. The van der Waals surface area contributed by atoms with Gasteiger partial charge in [-0.1, -0.05) is 68.3 Å². The Morgan fingerprint density at radius 3 is 1.88 bits per heavy atom. The summed E-state index contributed by atoms with van der Waals surface area (Å²) in [6.45, 7) is 1.48. The lowest BCUT2D eigenvalue weighted by Gasteiger charge is -2.03. The molecular formula is C26H18Br2N2O3. The number of benzene rings is 4. The summed E-state index contributed by atoms with van der Waals surface area (Å²) in [5.41, 5.74) is 10.4. The van der Waals surface area contributed by atoms with Gasteiger partial charge in [-0.15, -0.1) is 0 Å². The Morgan fingerprint density at radius 1 is 0.758 bits per heavy atom. The number of nitrogen functional groups attached to an aromatic ring is 1. The molecule has 0 aliphatic heterocycles. The van der Waals surface area contributed by atoms with Crippen LogP contribution < -0.4 is 11.1 Å².